The van der Waals surface area contributed by atoms with E-state index in [2.05, 4.69) is 27.1 Å². The molecule has 8 heteroatoms. The summed E-state index contributed by atoms with van der Waals surface area (Å²) in [5, 5.41) is 11.4. The number of thiophene rings is 1. The molecule has 0 atom stereocenters. The molecule has 0 aliphatic rings. The van der Waals surface area contributed by atoms with Crippen LogP contribution >= 0.6 is 11.3 Å². The highest BCUT2D eigenvalue weighted by atomic mass is 32.1. The van der Waals surface area contributed by atoms with Gasteiger partial charge in [-0.15, -0.1) is 11.3 Å². The van der Waals surface area contributed by atoms with Crippen molar-refractivity contribution in [2.24, 2.45) is 0 Å². The second kappa shape index (κ2) is 11.4. The smallest absolute Gasteiger partial charge is 0.228 e. The van der Waals surface area contributed by atoms with E-state index in [1.165, 1.54) is 6.07 Å². The lowest BCUT2D eigenvalue weighted by molar-refractivity contribution is -0.119. The van der Waals surface area contributed by atoms with Crippen molar-refractivity contribution in [2.45, 2.75) is 20.3 Å². The monoisotopic (exact) mass is 573 g/mol. The van der Waals surface area contributed by atoms with Gasteiger partial charge in [-0.25, -0.2) is 4.98 Å². The number of carbonyl (C=O) groups is 1. The Hall–Kier alpha value is -5.08. The zero-order valence-corrected chi connectivity index (χ0v) is 24.0. The maximum Gasteiger partial charge on any atom is 0.228 e. The Morgan fingerprint density at radius 2 is 1.83 bits per heavy atom. The molecule has 3 N–H and O–H groups in total. The van der Waals surface area contributed by atoms with Crippen molar-refractivity contribution < 1.29 is 9.18 Å². The normalized spacial score (nSPS) is 12.3. The van der Waals surface area contributed by atoms with E-state index in [-0.39, 0.29) is 11.0 Å². The number of pyridine rings is 1. The zero-order valence-electron chi connectivity index (χ0n) is 23.2. The Bertz CT molecular complexity index is 2010. The number of rotatable bonds is 8. The molecule has 1 amide bonds. The van der Waals surface area contributed by atoms with Crippen molar-refractivity contribution >= 4 is 44.8 Å². The lowest BCUT2D eigenvalue weighted by Gasteiger charge is -2.09. The fourth-order valence-electron chi connectivity index (χ4n) is 4.97. The number of nitrogens with zero attached hydrogens (tertiary/aromatic N) is 2. The molecule has 0 saturated carbocycles. The van der Waals surface area contributed by atoms with Gasteiger partial charge < -0.3 is 10.3 Å². The molecule has 0 unspecified atom stereocenters. The number of allylic oxidation sites excluding steroid dienone is 5. The Labute approximate surface area is 246 Å². The number of amides is 1. The van der Waals surface area contributed by atoms with Crippen LogP contribution < -0.4 is 5.32 Å². The van der Waals surface area contributed by atoms with Crippen LogP contribution in [0.25, 0.3) is 49.3 Å². The van der Waals surface area contributed by atoms with Gasteiger partial charge in [-0.1, -0.05) is 60.7 Å². The second-order valence-electron chi connectivity index (χ2n) is 10.2. The number of aromatic amines is 2. The van der Waals surface area contributed by atoms with Crippen molar-refractivity contribution in [2.75, 3.05) is 0 Å². The average Bonchev–Trinajstić information content (AvgIpc) is 3.70. The topological polar surface area (TPSA) is 86.5 Å². The Morgan fingerprint density at radius 1 is 1.00 bits per heavy atom. The molecule has 2 aromatic carbocycles. The van der Waals surface area contributed by atoms with Gasteiger partial charge in [-0.05, 0) is 61.9 Å². The van der Waals surface area contributed by atoms with Gasteiger partial charge in [0.2, 0.25) is 5.91 Å². The molecule has 4 heterocycles. The van der Waals surface area contributed by atoms with Crippen molar-refractivity contribution in [3.8, 4) is 21.8 Å². The van der Waals surface area contributed by atoms with E-state index in [0.717, 1.165) is 66.3 Å². The molecule has 0 aliphatic carbocycles. The molecule has 0 spiro atoms. The summed E-state index contributed by atoms with van der Waals surface area (Å²) in [6.45, 7) is 7.83. The quantitative estimate of drug-likeness (QED) is 0.160. The van der Waals surface area contributed by atoms with Gasteiger partial charge in [-0.3, -0.25) is 9.89 Å². The van der Waals surface area contributed by atoms with Gasteiger partial charge in [0.15, 0.2) is 5.13 Å². The molecule has 0 bridgehead atoms. The molecular formula is C34H28FN5OS. The molecule has 0 radical (unpaired) electrons. The van der Waals surface area contributed by atoms with Crippen LogP contribution in [-0.4, -0.2) is 26.1 Å². The average molecular weight is 574 g/mol. The third-order valence-electron chi connectivity index (χ3n) is 6.78. The van der Waals surface area contributed by atoms with E-state index >= 15 is 0 Å². The van der Waals surface area contributed by atoms with E-state index in [9.17, 15) is 9.18 Å². The molecule has 6 rings (SSSR count). The fourth-order valence-corrected chi connectivity index (χ4v) is 5.74. The molecule has 42 heavy (non-hydrogen) atoms. The van der Waals surface area contributed by atoms with Crippen molar-refractivity contribution in [3.63, 3.8) is 0 Å². The highest BCUT2D eigenvalue weighted by molar-refractivity contribution is 7.14. The van der Waals surface area contributed by atoms with Crippen LogP contribution in [0, 0.1) is 5.13 Å². The summed E-state index contributed by atoms with van der Waals surface area (Å²) in [5.41, 5.74) is 8.89. The van der Waals surface area contributed by atoms with Gasteiger partial charge in [0.05, 0.1) is 23.3 Å². The third kappa shape index (κ3) is 5.70. The molecule has 0 aliphatic heterocycles. The van der Waals surface area contributed by atoms with Crippen molar-refractivity contribution in [1.82, 2.24) is 25.5 Å². The first kappa shape index (κ1) is 27.1. The molecule has 6 aromatic rings. The number of carbonyl (C=O) groups excluding carboxylic acids is 1. The van der Waals surface area contributed by atoms with Gasteiger partial charge >= 0.3 is 0 Å². The number of H-pyrrole nitrogens is 2. The van der Waals surface area contributed by atoms with Gasteiger partial charge in [0.1, 0.15) is 11.2 Å². The predicted molar refractivity (Wildman–Crippen MR) is 169 cm³/mol. The van der Waals surface area contributed by atoms with Crippen molar-refractivity contribution in [1.29, 1.82) is 0 Å². The lowest BCUT2D eigenvalue weighted by atomic mass is 10.1. The fraction of sp³-hybridized carbons (Fsp3) is 0.0882. The number of hydrogen-bond donors (Lipinski definition) is 3. The molecular weight excluding hydrogens is 545 g/mol. The number of benzene rings is 2. The Kier molecular flexibility index (Phi) is 7.37. The van der Waals surface area contributed by atoms with Gasteiger partial charge in [0.25, 0.3) is 0 Å². The summed E-state index contributed by atoms with van der Waals surface area (Å²) in [6.07, 6.45) is 4.14. The predicted octanol–water partition coefficient (Wildman–Crippen LogP) is 8.20. The highest BCUT2D eigenvalue weighted by Gasteiger charge is 2.16. The van der Waals surface area contributed by atoms with Crippen LogP contribution in [0.4, 0.5) is 4.39 Å². The second-order valence-corrected chi connectivity index (χ2v) is 11.2. The summed E-state index contributed by atoms with van der Waals surface area (Å²) in [7, 11) is 0. The first-order valence-electron chi connectivity index (χ1n) is 13.5. The number of fused-ring (bicyclic) bond motifs is 2. The third-order valence-corrected chi connectivity index (χ3v) is 7.69. The van der Waals surface area contributed by atoms with E-state index in [1.807, 2.05) is 92.7 Å². The van der Waals surface area contributed by atoms with E-state index in [1.54, 1.807) is 6.07 Å². The summed E-state index contributed by atoms with van der Waals surface area (Å²) in [4.78, 5) is 22.0. The zero-order chi connectivity index (χ0) is 29.2. The number of nitrogens with one attached hydrogen (secondary N) is 3. The van der Waals surface area contributed by atoms with Crippen LogP contribution in [-0.2, 0) is 11.2 Å². The summed E-state index contributed by atoms with van der Waals surface area (Å²) < 4.78 is 13.8. The van der Waals surface area contributed by atoms with Crippen LogP contribution in [0.15, 0.2) is 109 Å². The van der Waals surface area contributed by atoms with E-state index in [0.29, 0.717) is 23.3 Å². The summed E-state index contributed by atoms with van der Waals surface area (Å²) >= 11 is 1.12. The lowest BCUT2D eigenvalue weighted by Crippen LogP contribution is -2.23. The van der Waals surface area contributed by atoms with E-state index in [4.69, 9.17) is 4.98 Å². The minimum Gasteiger partial charge on any atom is -0.353 e. The first-order valence-corrected chi connectivity index (χ1v) is 14.3. The molecule has 0 saturated heterocycles. The number of halogens is 1. The highest BCUT2D eigenvalue weighted by Crippen LogP contribution is 2.36. The van der Waals surface area contributed by atoms with Crippen LogP contribution in [0.2, 0.25) is 0 Å². The Balaban J connectivity index is 1.34. The minimum absolute atomic E-state index is 0.0892. The minimum atomic E-state index is -0.216. The molecule has 208 valence electrons. The van der Waals surface area contributed by atoms with Crippen molar-refractivity contribution in [3.05, 3.63) is 125 Å². The Morgan fingerprint density at radius 3 is 2.60 bits per heavy atom. The van der Waals surface area contributed by atoms with Gasteiger partial charge in [0, 0.05) is 32.6 Å². The maximum absolute atomic E-state index is 13.8. The first-order chi connectivity index (χ1) is 20.3. The molecule has 4 aromatic heterocycles. The number of hydrogen-bond acceptors (Lipinski definition) is 4. The number of aromatic nitrogens is 4. The molecule has 6 nitrogen and oxygen atoms in total. The summed E-state index contributed by atoms with van der Waals surface area (Å²) in [5.74, 6) is -0.0892. The van der Waals surface area contributed by atoms with Crippen LogP contribution in [0.1, 0.15) is 25.1 Å². The largest absolute Gasteiger partial charge is 0.353 e. The molecule has 0 fully saturated rings. The van der Waals surface area contributed by atoms with E-state index < -0.39 is 0 Å². The maximum atomic E-state index is 13.8. The summed E-state index contributed by atoms with van der Waals surface area (Å²) in [6, 6.07) is 24.8. The van der Waals surface area contributed by atoms with Crippen LogP contribution in [0.3, 0.4) is 0 Å². The van der Waals surface area contributed by atoms with Gasteiger partial charge in [-0.2, -0.15) is 9.49 Å². The SMILES string of the molecule is C=C(C)/C=C(\C=C(/C)NC(=O)Cc1ccccc1)c1ccc2[nH]nc(-c3cc4c(-c5ccc(F)s5)cccc4[nH]3)c2n1. The standard InChI is InChI=1S/C34H28FN5OS/c1-20(2)16-23(17-21(3)36-32(41)18-22-8-5-4-6-9-22)26-12-13-28-33(38-26)34(40-39-28)29-19-25-24(10-7-11-27(25)37-29)30-14-15-31(35)42-30/h4-17,19,37H,1,18H2,2-3H3,(H,36,41)(H,39,40)/b21-17+,23-16+. The van der Waals surface area contributed by atoms with Crippen LogP contribution in [0.5, 0.6) is 0 Å².